The van der Waals surface area contributed by atoms with Crippen LogP contribution in [0.4, 0.5) is 13.2 Å². The molecule has 1 aromatic heterocycles. The summed E-state index contributed by atoms with van der Waals surface area (Å²) in [4.78, 5) is 2.86. The molecule has 0 aliphatic heterocycles. The van der Waals surface area contributed by atoms with E-state index in [0.29, 0.717) is 12.1 Å². The Balaban J connectivity index is 2.38. The molecule has 2 N–H and O–H groups in total. The Bertz CT molecular complexity index is 514. The first-order valence-electron chi connectivity index (χ1n) is 5.19. The van der Waals surface area contributed by atoms with Crippen LogP contribution < -0.4 is 5.32 Å². The Labute approximate surface area is 96.8 Å². The van der Waals surface area contributed by atoms with Gasteiger partial charge in [0.15, 0.2) is 0 Å². The number of hydrogen-bond acceptors (Lipinski definition) is 1. The van der Waals surface area contributed by atoms with Crippen molar-refractivity contribution in [2.24, 2.45) is 0 Å². The standard InChI is InChI=1S/C12H12F3N2/c1-16-5-4-8-7-17-11-6-9(12(13,14)15)2-3-10(8)11/h2-3,6-7,16-17H,1,4-5H2. The van der Waals surface area contributed by atoms with E-state index in [-0.39, 0.29) is 0 Å². The van der Waals surface area contributed by atoms with Gasteiger partial charge in [0.05, 0.1) is 5.56 Å². The average molecular weight is 241 g/mol. The highest BCUT2D eigenvalue weighted by atomic mass is 19.4. The van der Waals surface area contributed by atoms with Gasteiger partial charge in [-0.3, -0.25) is 0 Å². The molecule has 2 rings (SSSR count). The maximum Gasteiger partial charge on any atom is 0.416 e. The van der Waals surface area contributed by atoms with Crippen LogP contribution in [-0.4, -0.2) is 11.5 Å². The van der Waals surface area contributed by atoms with Gasteiger partial charge in [0.2, 0.25) is 0 Å². The highest BCUT2D eigenvalue weighted by molar-refractivity contribution is 5.83. The minimum Gasteiger partial charge on any atom is -0.361 e. The van der Waals surface area contributed by atoms with Crippen LogP contribution in [0.25, 0.3) is 10.9 Å². The molecule has 0 fully saturated rings. The summed E-state index contributed by atoms with van der Waals surface area (Å²) in [6.45, 7) is 0.688. The summed E-state index contributed by atoms with van der Waals surface area (Å²) in [6, 6.07) is 3.75. The SMILES string of the molecule is [CH2]NCCc1c[nH]c2cc(C(F)(F)F)ccc12. The van der Waals surface area contributed by atoms with Crippen LogP contribution in [0.5, 0.6) is 0 Å². The molecule has 0 unspecified atom stereocenters. The van der Waals surface area contributed by atoms with Gasteiger partial charge in [0.25, 0.3) is 0 Å². The molecule has 5 heteroatoms. The second kappa shape index (κ2) is 4.41. The number of aromatic amines is 1. The maximum absolute atomic E-state index is 12.5. The molecule has 1 radical (unpaired) electrons. The van der Waals surface area contributed by atoms with Crippen LogP contribution in [0.2, 0.25) is 0 Å². The van der Waals surface area contributed by atoms with Gasteiger partial charge in [-0.05, 0) is 30.7 Å². The van der Waals surface area contributed by atoms with Crippen molar-refractivity contribution in [1.82, 2.24) is 10.3 Å². The first-order chi connectivity index (χ1) is 8.02. The smallest absolute Gasteiger partial charge is 0.361 e. The summed E-state index contributed by atoms with van der Waals surface area (Å²) in [7, 11) is 3.50. The van der Waals surface area contributed by atoms with Gasteiger partial charge < -0.3 is 10.3 Å². The van der Waals surface area contributed by atoms with Crippen molar-refractivity contribution in [2.45, 2.75) is 12.6 Å². The molecule has 2 aromatic rings. The lowest BCUT2D eigenvalue weighted by Gasteiger charge is -2.06. The van der Waals surface area contributed by atoms with Crippen LogP contribution in [0.1, 0.15) is 11.1 Å². The summed E-state index contributed by atoms with van der Waals surface area (Å²) in [5.41, 5.74) is 0.873. The van der Waals surface area contributed by atoms with Crippen molar-refractivity contribution in [2.75, 3.05) is 6.54 Å². The van der Waals surface area contributed by atoms with Gasteiger partial charge in [-0.25, -0.2) is 0 Å². The topological polar surface area (TPSA) is 27.8 Å². The van der Waals surface area contributed by atoms with Crippen LogP contribution in [0.15, 0.2) is 24.4 Å². The second-order valence-corrected chi connectivity index (χ2v) is 3.82. The minimum absolute atomic E-state index is 0.513. The van der Waals surface area contributed by atoms with E-state index in [0.717, 1.165) is 29.5 Å². The third kappa shape index (κ3) is 2.44. The monoisotopic (exact) mass is 241 g/mol. The summed E-state index contributed by atoms with van der Waals surface area (Å²) in [5, 5.41) is 3.59. The molecule has 0 aliphatic carbocycles. The lowest BCUT2D eigenvalue weighted by molar-refractivity contribution is -0.137. The maximum atomic E-state index is 12.5. The van der Waals surface area contributed by atoms with E-state index in [2.05, 4.69) is 17.3 Å². The number of fused-ring (bicyclic) bond motifs is 1. The normalized spacial score (nSPS) is 12.2. The predicted octanol–water partition coefficient (Wildman–Crippen LogP) is 3.11. The molecule has 0 atom stereocenters. The molecular weight excluding hydrogens is 229 g/mol. The number of benzene rings is 1. The van der Waals surface area contributed by atoms with Crippen molar-refractivity contribution in [3.05, 3.63) is 42.6 Å². The molecule has 0 spiro atoms. The fourth-order valence-electron chi connectivity index (χ4n) is 1.79. The minimum atomic E-state index is -4.30. The zero-order valence-corrected chi connectivity index (χ0v) is 9.06. The molecule has 1 aromatic carbocycles. The molecule has 0 bridgehead atoms. The van der Waals surface area contributed by atoms with E-state index >= 15 is 0 Å². The number of alkyl halides is 3. The Morgan fingerprint density at radius 2 is 2.06 bits per heavy atom. The number of nitrogens with one attached hydrogen (secondary N) is 2. The zero-order chi connectivity index (χ0) is 12.5. The molecule has 0 saturated carbocycles. The first kappa shape index (κ1) is 12.0. The number of H-pyrrole nitrogens is 1. The highest BCUT2D eigenvalue weighted by Crippen LogP contribution is 2.31. The molecule has 1 heterocycles. The fourth-order valence-corrected chi connectivity index (χ4v) is 1.79. The van der Waals surface area contributed by atoms with Crippen LogP contribution >= 0.6 is 0 Å². The van der Waals surface area contributed by atoms with E-state index in [1.807, 2.05) is 0 Å². The van der Waals surface area contributed by atoms with Gasteiger partial charge in [-0.1, -0.05) is 6.07 Å². The average Bonchev–Trinajstić information content (AvgIpc) is 2.67. The van der Waals surface area contributed by atoms with Gasteiger partial charge in [-0.15, -0.1) is 0 Å². The Morgan fingerprint density at radius 3 is 2.71 bits per heavy atom. The number of aromatic nitrogens is 1. The Morgan fingerprint density at radius 1 is 1.29 bits per heavy atom. The van der Waals surface area contributed by atoms with Crippen molar-refractivity contribution in [3.63, 3.8) is 0 Å². The molecule has 91 valence electrons. The molecule has 17 heavy (non-hydrogen) atoms. The molecule has 0 saturated heterocycles. The van der Waals surface area contributed by atoms with Crippen molar-refractivity contribution in [3.8, 4) is 0 Å². The highest BCUT2D eigenvalue weighted by Gasteiger charge is 2.30. The number of rotatable bonds is 3. The van der Waals surface area contributed by atoms with E-state index in [4.69, 9.17) is 0 Å². The Hall–Kier alpha value is -1.49. The van der Waals surface area contributed by atoms with Crippen LogP contribution in [0, 0.1) is 7.05 Å². The first-order valence-corrected chi connectivity index (χ1v) is 5.19. The number of halogens is 3. The molecule has 2 nitrogen and oxygen atoms in total. The zero-order valence-electron chi connectivity index (χ0n) is 9.06. The van der Waals surface area contributed by atoms with Gasteiger partial charge in [0.1, 0.15) is 0 Å². The Kier molecular flexibility index (Phi) is 3.11. The van der Waals surface area contributed by atoms with Gasteiger partial charge >= 0.3 is 6.18 Å². The predicted molar refractivity (Wildman–Crippen MR) is 60.4 cm³/mol. The van der Waals surface area contributed by atoms with E-state index in [1.54, 1.807) is 6.20 Å². The van der Waals surface area contributed by atoms with Crippen LogP contribution in [-0.2, 0) is 12.6 Å². The third-order valence-electron chi connectivity index (χ3n) is 2.67. The molecular formula is C12H12F3N2. The fraction of sp³-hybridized carbons (Fsp3) is 0.250. The summed E-state index contributed by atoms with van der Waals surface area (Å²) in [5.74, 6) is 0. The van der Waals surface area contributed by atoms with Crippen LogP contribution in [0.3, 0.4) is 0 Å². The second-order valence-electron chi connectivity index (χ2n) is 3.82. The third-order valence-corrected chi connectivity index (χ3v) is 2.67. The summed E-state index contributed by atoms with van der Waals surface area (Å²) in [6.07, 6.45) is -1.83. The largest absolute Gasteiger partial charge is 0.416 e. The lowest BCUT2D eigenvalue weighted by Crippen LogP contribution is -2.07. The van der Waals surface area contributed by atoms with Gasteiger partial charge in [0, 0.05) is 24.1 Å². The van der Waals surface area contributed by atoms with E-state index in [1.165, 1.54) is 6.07 Å². The lowest BCUT2D eigenvalue weighted by atomic mass is 10.1. The quantitative estimate of drug-likeness (QED) is 0.849. The van der Waals surface area contributed by atoms with Crippen molar-refractivity contribution in [1.29, 1.82) is 0 Å². The molecule has 0 aliphatic rings. The summed E-state index contributed by atoms with van der Waals surface area (Å²) < 4.78 is 37.5. The van der Waals surface area contributed by atoms with Crippen molar-refractivity contribution >= 4 is 10.9 Å². The van der Waals surface area contributed by atoms with Gasteiger partial charge in [-0.2, -0.15) is 13.2 Å². The van der Waals surface area contributed by atoms with Crippen molar-refractivity contribution < 1.29 is 13.2 Å². The molecule has 0 amide bonds. The summed E-state index contributed by atoms with van der Waals surface area (Å²) >= 11 is 0. The number of hydrogen-bond donors (Lipinski definition) is 2. The van der Waals surface area contributed by atoms with E-state index < -0.39 is 11.7 Å². The van der Waals surface area contributed by atoms with E-state index in [9.17, 15) is 13.2 Å².